The topological polar surface area (TPSA) is 105 Å². The van der Waals surface area contributed by atoms with Crippen LogP contribution in [-0.4, -0.2) is 73.4 Å². The van der Waals surface area contributed by atoms with E-state index < -0.39 is 20.0 Å². The van der Waals surface area contributed by atoms with Gasteiger partial charge >= 0.3 is 7.82 Å². The Balaban J connectivity index is 3.89. The summed E-state index contributed by atoms with van der Waals surface area (Å²) in [5, 5.41) is 13.9. The first-order valence-electron chi connectivity index (χ1n) is 35.0. The summed E-state index contributed by atoms with van der Waals surface area (Å²) in [6.07, 6.45) is 84.2. The van der Waals surface area contributed by atoms with E-state index in [1.165, 1.54) is 283 Å². The molecule has 0 fully saturated rings. The number of aliphatic hydroxyl groups is 1. The Bertz CT molecular complexity index is 1440. The zero-order chi connectivity index (χ0) is 58.4. The molecule has 0 aliphatic carbocycles. The molecule has 0 radical (unpaired) electrons. The van der Waals surface area contributed by atoms with Crippen LogP contribution in [0.1, 0.15) is 348 Å². The van der Waals surface area contributed by atoms with Crippen LogP contribution in [0.25, 0.3) is 0 Å². The van der Waals surface area contributed by atoms with Crippen LogP contribution in [0.5, 0.6) is 0 Å². The first kappa shape index (κ1) is 78.5. The summed E-state index contributed by atoms with van der Waals surface area (Å²) in [4.78, 5) is 23.4. The molecule has 0 rings (SSSR count). The van der Waals surface area contributed by atoms with E-state index in [9.17, 15) is 19.4 Å². The summed E-state index contributed by atoms with van der Waals surface area (Å²) < 4.78 is 23.7. The fraction of sp³-hybridized carbons (Fsp3) is 0.873. The highest BCUT2D eigenvalue weighted by molar-refractivity contribution is 7.47. The lowest BCUT2D eigenvalue weighted by atomic mass is 10.0. The first-order valence-corrected chi connectivity index (χ1v) is 36.5. The highest BCUT2D eigenvalue weighted by atomic mass is 31.2. The lowest BCUT2D eigenvalue weighted by Gasteiger charge is -2.25. The number of nitrogens with one attached hydrogen (secondary N) is 1. The van der Waals surface area contributed by atoms with Crippen molar-refractivity contribution in [3.63, 3.8) is 0 Å². The van der Waals surface area contributed by atoms with Crippen molar-refractivity contribution in [2.75, 3.05) is 40.9 Å². The fourth-order valence-electron chi connectivity index (χ4n) is 10.6. The number of hydrogen-bond donors (Lipinski definition) is 3. The molecular weight excluding hydrogens is 1010 g/mol. The molecule has 0 aromatic rings. The van der Waals surface area contributed by atoms with Crippen molar-refractivity contribution in [1.82, 2.24) is 5.32 Å². The van der Waals surface area contributed by atoms with Crippen molar-refractivity contribution < 1.29 is 32.9 Å². The van der Waals surface area contributed by atoms with Gasteiger partial charge in [-0.25, -0.2) is 4.57 Å². The average molecular weight is 1150 g/mol. The maximum absolute atomic E-state index is 13.0. The van der Waals surface area contributed by atoms with E-state index >= 15 is 0 Å². The van der Waals surface area contributed by atoms with E-state index in [0.29, 0.717) is 17.4 Å². The Hall–Kier alpha value is -1.54. The Kier molecular flexibility index (Phi) is 60.8. The fourth-order valence-corrected chi connectivity index (χ4v) is 11.3. The van der Waals surface area contributed by atoms with Gasteiger partial charge in [0.2, 0.25) is 5.91 Å². The summed E-state index contributed by atoms with van der Waals surface area (Å²) >= 11 is 0. The summed E-state index contributed by atoms with van der Waals surface area (Å²) in [5.74, 6) is -0.180. The van der Waals surface area contributed by atoms with Gasteiger partial charge in [-0.3, -0.25) is 13.8 Å². The zero-order valence-electron chi connectivity index (χ0n) is 54.1. The molecule has 3 unspecified atom stereocenters. The van der Waals surface area contributed by atoms with Crippen LogP contribution in [0.2, 0.25) is 0 Å². The van der Waals surface area contributed by atoms with Gasteiger partial charge in [0.25, 0.3) is 0 Å². The number of nitrogens with zero attached hydrogens (tertiary/aromatic N) is 1. The van der Waals surface area contributed by atoms with Crippen LogP contribution in [0.15, 0.2) is 48.6 Å². The number of quaternary nitrogens is 1. The van der Waals surface area contributed by atoms with Crippen molar-refractivity contribution in [2.45, 2.75) is 360 Å². The maximum Gasteiger partial charge on any atom is 0.472 e. The summed E-state index contributed by atoms with van der Waals surface area (Å²) in [6.45, 7) is 4.82. The molecule has 8 nitrogen and oxygen atoms in total. The SMILES string of the molecule is CCCCCCC/C=C\C/C=C\CCCCCCCCCCCCCCCCCCCCCCCCCCCCCCCC(=O)NC(COP(=O)(O)OCC[N+](C)(C)C)C(O)/C=C/CC/C=C/CCCCCCCCCCCCC. The van der Waals surface area contributed by atoms with Gasteiger partial charge in [0, 0.05) is 6.42 Å². The predicted molar refractivity (Wildman–Crippen MR) is 351 cm³/mol. The molecule has 0 aliphatic heterocycles. The Morgan fingerprint density at radius 3 is 1.07 bits per heavy atom. The molecule has 9 heteroatoms. The van der Waals surface area contributed by atoms with Crippen molar-refractivity contribution in [3.05, 3.63) is 48.6 Å². The van der Waals surface area contributed by atoms with Crippen molar-refractivity contribution in [1.29, 1.82) is 0 Å². The highest BCUT2D eigenvalue weighted by Crippen LogP contribution is 2.43. The third-order valence-corrected chi connectivity index (χ3v) is 17.0. The second kappa shape index (κ2) is 62.0. The third-order valence-electron chi connectivity index (χ3n) is 16.0. The van der Waals surface area contributed by atoms with Crippen LogP contribution in [0.4, 0.5) is 0 Å². The Morgan fingerprint density at radius 1 is 0.425 bits per heavy atom. The molecular formula is C71H138N2O6P+. The molecule has 472 valence electrons. The number of phosphoric acid groups is 1. The molecule has 3 atom stereocenters. The lowest BCUT2D eigenvalue weighted by molar-refractivity contribution is -0.870. The minimum atomic E-state index is -4.36. The minimum absolute atomic E-state index is 0.0577. The second-order valence-electron chi connectivity index (χ2n) is 25.3. The van der Waals surface area contributed by atoms with Gasteiger partial charge < -0.3 is 19.8 Å². The van der Waals surface area contributed by atoms with Gasteiger partial charge in [0.15, 0.2) is 0 Å². The van der Waals surface area contributed by atoms with Crippen molar-refractivity contribution in [3.8, 4) is 0 Å². The molecule has 0 heterocycles. The van der Waals surface area contributed by atoms with Crippen molar-refractivity contribution >= 4 is 13.7 Å². The van der Waals surface area contributed by atoms with Gasteiger partial charge in [0.05, 0.1) is 39.9 Å². The molecule has 0 saturated heterocycles. The molecule has 0 aromatic heterocycles. The van der Waals surface area contributed by atoms with E-state index in [-0.39, 0.29) is 19.1 Å². The van der Waals surface area contributed by atoms with Gasteiger partial charge in [-0.2, -0.15) is 0 Å². The zero-order valence-corrected chi connectivity index (χ0v) is 55.0. The number of rotatable bonds is 65. The molecule has 0 bridgehead atoms. The molecule has 0 saturated carbocycles. The van der Waals surface area contributed by atoms with Crippen LogP contribution < -0.4 is 5.32 Å². The molecule has 80 heavy (non-hydrogen) atoms. The summed E-state index contributed by atoms with van der Waals surface area (Å²) in [5.41, 5.74) is 0. The Labute approximate surface area is 499 Å². The van der Waals surface area contributed by atoms with Gasteiger partial charge in [-0.1, -0.05) is 326 Å². The van der Waals surface area contributed by atoms with Crippen LogP contribution in [-0.2, 0) is 18.4 Å². The van der Waals surface area contributed by atoms with E-state index in [2.05, 4.69) is 55.6 Å². The number of amides is 1. The highest BCUT2D eigenvalue weighted by Gasteiger charge is 2.28. The van der Waals surface area contributed by atoms with Crippen LogP contribution in [0.3, 0.4) is 0 Å². The number of phosphoric ester groups is 1. The molecule has 3 N–H and O–H groups in total. The second-order valence-corrected chi connectivity index (χ2v) is 26.7. The molecule has 0 spiro atoms. The smallest absolute Gasteiger partial charge is 0.387 e. The van der Waals surface area contributed by atoms with Crippen molar-refractivity contribution in [2.24, 2.45) is 0 Å². The van der Waals surface area contributed by atoms with Crippen LogP contribution >= 0.6 is 7.82 Å². The number of allylic oxidation sites excluding steroid dienone is 7. The average Bonchev–Trinajstić information content (AvgIpc) is 3.42. The van der Waals surface area contributed by atoms with Gasteiger partial charge in [-0.15, -0.1) is 0 Å². The van der Waals surface area contributed by atoms with Gasteiger partial charge in [-0.05, 0) is 64.2 Å². The monoisotopic (exact) mass is 1150 g/mol. The van der Waals surface area contributed by atoms with Gasteiger partial charge in [0.1, 0.15) is 13.2 Å². The minimum Gasteiger partial charge on any atom is -0.387 e. The number of hydrogen-bond acceptors (Lipinski definition) is 5. The number of carbonyl (C=O) groups is 1. The third kappa shape index (κ3) is 64.0. The lowest BCUT2D eigenvalue weighted by Crippen LogP contribution is -2.45. The Morgan fingerprint density at radius 2 is 0.725 bits per heavy atom. The molecule has 1 amide bonds. The number of aliphatic hydroxyl groups excluding tert-OH is 1. The summed E-state index contributed by atoms with van der Waals surface area (Å²) in [7, 11) is 1.57. The maximum atomic E-state index is 13.0. The van der Waals surface area contributed by atoms with E-state index in [1.54, 1.807) is 6.08 Å². The number of likely N-dealkylation sites (N-methyl/N-ethyl adjacent to an activating group) is 1. The van der Waals surface area contributed by atoms with E-state index in [4.69, 9.17) is 9.05 Å². The number of carbonyl (C=O) groups excluding carboxylic acids is 1. The standard InChI is InChI=1S/C71H137N2O6P/c1-6-8-10-12-14-16-18-20-22-24-25-26-27-28-29-30-31-32-33-34-35-36-37-38-39-40-41-42-43-44-45-46-47-49-51-53-55-57-59-61-63-65-71(75)72-69(68-79-80(76,77)78-67-66-73(3,4)5)70(74)64-62-60-58-56-54-52-50-48-23-21-19-17-15-13-11-9-7-2/h18,20,24-25,54,56,62,64,69-70,74H,6-17,19,21-23,26-53,55,57-61,63,65-68H2,1-5H3,(H-,72,75,76,77)/p+1/b20-18-,25-24-,56-54+,64-62+. The quantitative estimate of drug-likeness (QED) is 0.0243. The van der Waals surface area contributed by atoms with Crippen LogP contribution in [0, 0.1) is 0 Å². The number of unbranched alkanes of at least 4 members (excludes halogenated alkanes) is 46. The largest absolute Gasteiger partial charge is 0.472 e. The van der Waals surface area contributed by atoms with E-state index in [1.807, 2.05) is 27.2 Å². The van der Waals surface area contributed by atoms with E-state index in [0.717, 1.165) is 44.9 Å². The first-order chi connectivity index (χ1) is 39.0. The predicted octanol–water partition coefficient (Wildman–Crippen LogP) is 22.2. The molecule has 0 aromatic carbocycles. The normalized spacial score (nSPS) is 13.9. The molecule has 0 aliphatic rings. The summed E-state index contributed by atoms with van der Waals surface area (Å²) in [6, 6.07) is -0.862.